The number of hydrogen-bond acceptors (Lipinski definition) is 4. The van der Waals surface area contributed by atoms with Gasteiger partial charge in [-0.05, 0) is 46.6 Å². The lowest BCUT2D eigenvalue weighted by atomic mass is 9.80. The highest BCUT2D eigenvalue weighted by atomic mass is 35.5. The topological polar surface area (TPSA) is 43.4 Å². The molecule has 0 bridgehead atoms. The first-order valence-corrected chi connectivity index (χ1v) is 7.44. The standard InChI is InChI=1S/C14H20BClN2O2/c1-13(2)14(3,4)20-15(19-13)9-7-11(16)12(17-8-9)18-10-5-6-10/h7-8,10H,5-6H2,1-4H3,(H,17,18). The Morgan fingerprint density at radius 1 is 1.25 bits per heavy atom. The van der Waals surface area contributed by atoms with Crippen molar-refractivity contribution in [3.63, 3.8) is 0 Å². The predicted octanol–water partition coefficient (Wildman–Crippen LogP) is 2.61. The summed E-state index contributed by atoms with van der Waals surface area (Å²) in [5.74, 6) is 0.745. The molecule has 2 aliphatic rings. The van der Waals surface area contributed by atoms with Crippen LogP contribution in [0.15, 0.2) is 12.3 Å². The summed E-state index contributed by atoms with van der Waals surface area (Å²) in [5, 5.41) is 3.92. The molecule has 4 nitrogen and oxygen atoms in total. The zero-order valence-corrected chi connectivity index (χ0v) is 13.1. The third-order valence-electron chi connectivity index (χ3n) is 4.31. The van der Waals surface area contributed by atoms with E-state index < -0.39 is 7.12 Å². The first kappa shape index (κ1) is 14.2. The van der Waals surface area contributed by atoms with Gasteiger partial charge < -0.3 is 14.6 Å². The molecule has 6 heteroatoms. The van der Waals surface area contributed by atoms with Crippen molar-refractivity contribution in [1.29, 1.82) is 0 Å². The van der Waals surface area contributed by atoms with Crippen LogP contribution in [0.25, 0.3) is 0 Å². The van der Waals surface area contributed by atoms with E-state index in [2.05, 4.69) is 10.3 Å². The van der Waals surface area contributed by atoms with Gasteiger partial charge in [-0.1, -0.05) is 11.6 Å². The minimum Gasteiger partial charge on any atom is -0.399 e. The van der Waals surface area contributed by atoms with Gasteiger partial charge in [0.1, 0.15) is 5.82 Å². The molecule has 0 atom stereocenters. The second-order valence-corrected chi connectivity index (χ2v) is 7.01. The van der Waals surface area contributed by atoms with Gasteiger partial charge in [0.2, 0.25) is 0 Å². The highest BCUT2D eigenvalue weighted by Gasteiger charge is 2.51. The summed E-state index contributed by atoms with van der Waals surface area (Å²) in [6, 6.07) is 2.41. The van der Waals surface area contributed by atoms with Crippen LogP contribution >= 0.6 is 11.6 Å². The number of rotatable bonds is 3. The number of pyridine rings is 1. The first-order chi connectivity index (χ1) is 9.28. The van der Waals surface area contributed by atoms with Gasteiger partial charge in [-0.3, -0.25) is 0 Å². The van der Waals surface area contributed by atoms with Crippen molar-refractivity contribution < 1.29 is 9.31 Å². The summed E-state index contributed by atoms with van der Waals surface area (Å²) in [6.07, 6.45) is 4.16. The molecular formula is C14H20BClN2O2. The Morgan fingerprint density at radius 2 is 1.85 bits per heavy atom. The molecule has 0 unspecified atom stereocenters. The summed E-state index contributed by atoms with van der Waals surface area (Å²) >= 11 is 6.29. The van der Waals surface area contributed by atoms with Crippen molar-refractivity contribution in [3.8, 4) is 0 Å². The third kappa shape index (κ3) is 2.54. The van der Waals surface area contributed by atoms with Gasteiger partial charge >= 0.3 is 7.12 Å². The van der Waals surface area contributed by atoms with Crippen molar-refractivity contribution in [1.82, 2.24) is 4.98 Å². The van der Waals surface area contributed by atoms with E-state index in [-0.39, 0.29) is 11.2 Å². The van der Waals surface area contributed by atoms with Crippen LogP contribution in [0.5, 0.6) is 0 Å². The monoisotopic (exact) mass is 294 g/mol. The Hall–Kier alpha value is -0.775. The van der Waals surface area contributed by atoms with Crippen molar-refractivity contribution in [2.24, 2.45) is 0 Å². The number of aromatic nitrogens is 1. The van der Waals surface area contributed by atoms with Gasteiger partial charge in [-0.2, -0.15) is 0 Å². The lowest BCUT2D eigenvalue weighted by Crippen LogP contribution is -2.41. The lowest BCUT2D eigenvalue weighted by molar-refractivity contribution is 0.00578. The first-order valence-electron chi connectivity index (χ1n) is 7.06. The molecule has 1 saturated carbocycles. The van der Waals surface area contributed by atoms with Gasteiger partial charge in [0.05, 0.1) is 16.2 Å². The molecule has 1 N–H and O–H groups in total. The highest BCUT2D eigenvalue weighted by Crippen LogP contribution is 2.36. The Bertz CT molecular complexity index is 516. The van der Waals surface area contributed by atoms with E-state index in [4.69, 9.17) is 20.9 Å². The molecule has 3 rings (SSSR count). The second kappa shape index (κ2) is 4.62. The molecule has 1 aliphatic heterocycles. The van der Waals surface area contributed by atoms with E-state index in [0.29, 0.717) is 11.1 Å². The summed E-state index contributed by atoms with van der Waals surface area (Å²) in [6.45, 7) is 8.13. The average Bonchev–Trinajstić information content (AvgIpc) is 3.10. The van der Waals surface area contributed by atoms with Gasteiger partial charge in [-0.15, -0.1) is 0 Å². The maximum atomic E-state index is 6.29. The maximum absolute atomic E-state index is 6.29. The number of nitrogens with zero attached hydrogens (tertiary/aromatic N) is 1. The van der Waals surface area contributed by atoms with Crippen LogP contribution in [0.1, 0.15) is 40.5 Å². The normalized spacial score (nSPS) is 23.9. The molecule has 1 aromatic heterocycles. The smallest absolute Gasteiger partial charge is 0.399 e. The molecule has 2 fully saturated rings. The quantitative estimate of drug-likeness (QED) is 0.870. The van der Waals surface area contributed by atoms with E-state index in [0.717, 1.165) is 11.3 Å². The molecule has 108 valence electrons. The van der Waals surface area contributed by atoms with Gasteiger partial charge in [0.25, 0.3) is 0 Å². The molecule has 1 aliphatic carbocycles. The van der Waals surface area contributed by atoms with Crippen LogP contribution in [0.3, 0.4) is 0 Å². The molecule has 0 spiro atoms. The summed E-state index contributed by atoms with van der Waals surface area (Å²) in [4.78, 5) is 4.40. The van der Waals surface area contributed by atoms with Crippen molar-refractivity contribution in [2.75, 3.05) is 5.32 Å². The molecule has 0 aromatic carbocycles. The fraction of sp³-hybridized carbons (Fsp3) is 0.643. The summed E-state index contributed by atoms with van der Waals surface area (Å²) in [7, 11) is -0.417. The zero-order chi connectivity index (χ0) is 14.5. The minimum absolute atomic E-state index is 0.352. The molecule has 0 amide bonds. The van der Waals surface area contributed by atoms with Gasteiger partial charge in [0.15, 0.2) is 0 Å². The van der Waals surface area contributed by atoms with E-state index in [1.807, 2.05) is 33.8 Å². The van der Waals surface area contributed by atoms with Gasteiger partial charge in [-0.25, -0.2) is 4.98 Å². The van der Waals surface area contributed by atoms with E-state index in [1.165, 1.54) is 12.8 Å². The van der Waals surface area contributed by atoms with Crippen LogP contribution in [0.4, 0.5) is 5.82 Å². The van der Waals surface area contributed by atoms with E-state index in [1.54, 1.807) is 6.20 Å². The minimum atomic E-state index is -0.417. The molecule has 1 aromatic rings. The molecular weight excluding hydrogens is 274 g/mol. The Balaban J connectivity index is 1.79. The van der Waals surface area contributed by atoms with E-state index in [9.17, 15) is 0 Å². The Kier molecular flexibility index (Phi) is 3.27. The van der Waals surface area contributed by atoms with Crippen LogP contribution in [-0.2, 0) is 9.31 Å². The predicted molar refractivity (Wildman–Crippen MR) is 81.6 cm³/mol. The van der Waals surface area contributed by atoms with Crippen LogP contribution in [-0.4, -0.2) is 29.3 Å². The average molecular weight is 295 g/mol. The van der Waals surface area contributed by atoms with Crippen LogP contribution in [0, 0.1) is 0 Å². The summed E-state index contributed by atoms with van der Waals surface area (Å²) in [5.41, 5.74) is 0.152. The fourth-order valence-corrected chi connectivity index (χ4v) is 2.32. The van der Waals surface area contributed by atoms with E-state index >= 15 is 0 Å². The van der Waals surface area contributed by atoms with Crippen molar-refractivity contribution >= 4 is 30.0 Å². The fourth-order valence-electron chi connectivity index (χ4n) is 2.09. The number of nitrogens with one attached hydrogen (secondary N) is 1. The van der Waals surface area contributed by atoms with Crippen LogP contribution in [0.2, 0.25) is 5.02 Å². The van der Waals surface area contributed by atoms with Crippen molar-refractivity contribution in [2.45, 2.75) is 57.8 Å². The zero-order valence-electron chi connectivity index (χ0n) is 12.4. The summed E-state index contributed by atoms with van der Waals surface area (Å²) < 4.78 is 12.0. The Labute approximate surface area is 125 Å². The number of hydrogen-bond donors (Lipinski definition) is 1. The lowest BCUT2D eigenvalue weighted by Gasteiger charge is -2.32. The second-order valence-electron chi connectivity index (χ2n) is 6.61. The Morgan fingerprint density at radius 3 is 2.35 bits per heavy atom. The number of halogens is 1. The maximum Gasteiger partial charge on any atom is 0.496 e. The molecule has 2 heterocycles. The van der Waals surface area contributed by atoms with Crippen molar-refractivity contribution in [3.05, 3.63) is 17.3 Å². The van der Waals surface area contributed by atoms with Crippen LogP contribution < -0.4 is 10.8 Å². The SMILES string of the molecule is CC1(C)OB(c2cnc(NC3CC3)c(Cl)c2)OC1(C)C. The highest BCUT2D eigenvalue weighted by molar-refractivity contribution is 6.62. The third-order valence-corrected chi connectivity index (χ3v) is 4.59. The molecule has 20 heavy (non-hydrogen) atoms. The molecule has 1 saturated heterocycles. The largest absolute Gasteiger partial charge is 0.496 e. The number of anilines is 1. The molecule has 0 radical (unpaired) electrons. The van der Waals surface area contributed by atoms with Gasteiger partial charge in [0, 0.05) is 17.7 Å².